The maximum atomic E-state index is 11.7. The van der Waals surface area contributed by atoms with Crippen LogP contribution in [0.25, 0.3) is 33.3 Å². The van der Waals surface area contributed by atoms with Gasteiger partial charge in [0.25, 0.3) is 0 Å². The van der Waals surface area contributed by atoms with Crippen molar-refractivity contribution in [1.82, 2.24) is 4.98 Å². The molecular formula is C22H18ClNO2S. The molecule has 3 aromatic carbocycles. The fourth-order valence-electron chi connectivity index (χ4n) is 3.05. The van der Waals surface area contributed by atoms with Crippen molar-refractivity contribution in [2.24, 2.45) is 0 Å². The van der Waals surface area contributed by atoms with Crippen LogP contribution in [0, 0.1) is 0 Å². The van der Waals surface area contributed by atoms with E-state index >= 15 is 0 Å². The summed E-state index contributed by atoms with van der Waals surface area (Å²) in [4.78, 5) is 5.08. The number of rotatable bonds is 3. The predicted molar refractivity (Wildman–Crippen MR) is 113 cm³/mol. The molecule has 1 heterocycles. The Balaban J connectivity index is 0.00000210. The van der Waals surface area contributed by atoms with Gasteiger partial charge in [-0.2, -0.15) is 0 Å². The Kier molecular flexibility index (Phi) is 5.31. The third-order valence-corrected chi connectivity index (χ3v) is 5.51. The molecule has 0 saturated carbocycles. The van der Waals surface area contributed by atoms with Gasteiger partial charge in [0, 0.05) is 17.2 Å². The summed E-state index contributed by atoms with van der Waals surface area (Å²) in [5, 5.41) is 1.09. The molecule has 0 bridgehead atoms. The molecule has 27 heavy (non-hydrogen) atoms. The lowest BCUT2D eigenvalue weighted by Crippen LogP contribution is -1.96. The normalized spacial score (nSPS) is 11.1. The highest BCUT2D eigenvalue weighted by molar-refractivity contribution is 7.90. The number of fused-ring (bicyclic) bond motifs is 1. The van der Waals surface area contributed by atoms with Gasteiger partial charge in [-0.3, -0.25) is 0 Å². The van der Waals surface area contributed by atoms with E-state index in [0.717, 1.165) is 33.3 Å². The molecule has 0 atom stereocenters. The molecule has 5 heteroatoms. The number of hydrogen-bond acceptors (Lipinski definition) is 3. The molecule has 0 aliphatic rings. The second-order valence-corrected chi connectivity index (χ2v) is 8.25. The quantitative estimate of drug-likeness (QED) is 0.467. The van der Waals surface area contributed by atoms with Crippen LogP contribution in [-0.4, -0.2) is 19.7 Å². The van der Waals surface area contributed by atoms with Gasteiger partial charge in [-0.05, 0) is 35.4 Å². The van der Waals surface area contributed by atoms with E-state index < -0.39 is 9.84 Å². The third-order valence-electron chi connectivity index (χ3n) is 4.38. The molecule has 0 saturated heterocycles. The monoisotopic (exact) mass is 395 g/mol. The molecule has 0 spiro atoms. The van der Waals surface area contributed by atoms with E-state index in [2.05, 4.69) is 24.3 Å². The van der Waals surface area contributed by atoms with E-state index in [-0.39, 0.29) is 12.4 Å². The van der Waals surface area contributed by atoms with Crippen LogP contribution in [0.2, 0.25) is 0 Å². The first-order valence-electron chi connectivity index (χ1n) is 8.28. The number of hydrogen-bond donors (Lipinski definition) is 0. The Hall–Kier alpha value is -2.69. The Labute approximate surface area is 165 Å². The molecule has 4 rings (SSSR count). The smallest absolute Gasteiger partial charge is 0.175 e. The lowest BCUT2D eigenvalue weighted by atomic mass is 9.98. The van der Waals surface area contributed by atoms with Crippen molar-refractivity contribution >= 4 is 33.1 Å². The summed E-state index contributed by atoms with van der Waals surface area (Å²) in [5.74, 6) is 0. The van der Waals surface area contributed by atoms with Crippen molar-refractivity contribution in [2.45, 2.75) is 4.90 Å². The average molecular weight is 396 g/mol. The first kappa shape index (κ1) is 19.1. The molecule has 0 aliphatic carbocycles. The zero-order valence-corrected chi connectivity index (χ0v) is 16.3. The Bertz CT molecular complexity index is 1190. The highest BCUT2D eigenvalue weighted by Crippen LogP contribution is 2.32. The van der Waals surface area contributed by atoms with Gasteiger partial charge in [0.15, 0.2) is 9.84 Å². The third kappa shape index (κ3) is 3.87. The minimum atomic E-state index is -3.21. The zero-order chi connectivity index (χ0) is 18.1. The summed E-state index contributed by atoms with van der Waals surface area (Å²) in [6.07, 6.45) is 1.21. The van der Waals surface area contributed by atoms with E-state index in [4.69, 9.17) is 4.98 Å². The molecule has 0 radical (unpaired) electrons. The van der Waals surface area contributed by atoms with E-state index in [9.17, 15) is 8.42 Å². The van der Waals surface area contributed by atoms with Gasteiger partial charge in [-0.15, -0.1) is 12.4 Å². The van der Waals surface area contributed by atoms with Gasteiger partial charge in [0.2, 0.25) is 0 Å². The number of halogens is 1. The Morgan fingerprint density at radius 2 is 1.37 bits per heavy atom. The van der Waals surface area contributed by atoms with Crippen LogP contribution in [-0.2, 0) is 9.84 Å². The number of para-hydroxylation sites is 1. The first-order chi connectivity index (χ1) is 12.5. The first-order valence-corrected chi connectivity index (χ1v) is 10.2. The van der Waals surface area contributed by atoms with Crippen molar-refractivity contribution < 1.29 is 8.42 Å². The van der Waals surface area contributed by atoms with E-state index in [1.54, 1.807) is 12.1 Å². The highest BCUT2D eigenvalue weighted by atomic mass is 35.5. The molecule has 3 nitrogen and oxygen atoms in total. The molecular weight excluding hydrogens is 378 g/mol. The van der Waals surface area contributed by atoms with Crippen LogP contribution < -0.4 is 0 Å². The van der Waals surface area contributed by atoms with Gasteiger partial charge in [0.05, 0.1) is 16.1 Å². The Morgan fingerprint density at radius 3 is 2.04 bits per heavy atom. The minimum absolute atomic E-state index is 0. The molecule has 0 amide bonds. The second-order valence-electron chi connectivity index (χ2n) is 6.23. The average Bonchev–Trinajstić information content (AvgIpc) is 2.67. The van der Waals surface area contributed by atoms with E-state index in [1.807, 2.05) is 48.5 Å². The number of pyridine rings is 1. The van der Waals surface area contributed by atoms with Crippen molar-refractivity contribution in [3.05, 3.63) is 84.9 Å². The SMILES string of the molecule is CS(=O)(=O)c1ccc(-c2cc(-c3ccccc3)c3ccccc3n2)cc1.Cl. The van der Waals surface area contributed by atoms with E-state index in [0.29, 0.717) is 4.90 Å². The fourth-order valence-corrected chi connectivity index (χ4v) is 3.68. The van der Waals surface area contributed by atoms with Crippen molar-refractivity contribution in [1.29, 1.82) is 0 Å². The molecule has 0 aliphatic heterocycles. The zero-order valence-electron chi connectivity index (χ0n) is 14.7. The van der Waals surface area contributed by atoms with Crippen molar-refractivity contribution in [3.8, 4) is 22.4 Å². The molecule has 136 valence electrons. The van der Waals surface area contributed by atoms with Crippen LogP contribution in [0.1, 0.15) is 0 Å². The summed E-state index contributed by atoms with van der Waals surface area (Å²) in [6.45, 7) is 0. The van der Waals surface area contributed by atoms with Gasteiger partial charge in [-0.25, -0.2) is 13.4 Å². The van der Waals surface area contributed by atoms with Crippen molar-refractivity contribution in [3.63, 3.8) is 0 Å². The van der Waals surface area contributed by atoms with Crippen LogP contribution in [0.15, 0.2) is 89.8 Å². The standard InChI is InChI=1S/C22H17NO2S.ClH/c1-26(24,25)18-13-11-17(12-14-18)22-15-20(16-7-3-2-4-8-16)19-9-5-6-10-21(19)23-22;/h2-15H,1H3;1H. The number of benzene rings is 3. The number of sulfone groups is 1. The molecule has 0 unspecified atom stereocenters. The molecule has 0 fully saturated rings. The number of aromatic nitrogens is 1. The maximum Gasteiger partial charge on any atom is 0.175 e. The maximum absolute atomic E-state index is 11.7. The van der Waals surface area contributed by atoms with Crippen molar-refractivity contribution in [2.75, 3.05) is 6.26 Å². The van der Waals surface area contributed by atoms with E-state index in [1.165, 1.54) is 6.26 Å². The second kappa shape index (κ2) is 7.51. The predicted octanol–water partition coefficient (Wildman–Crippen LogP) is 5.39. The summed E-state index contributed by atoms with van der Waals surface area (Å²) >= 11 is 0. The molecule has 1 aromatic heterocycles. The van der Waals surface area contributed by atoms with Gasteiger partial charge in [0.1, 0.15) is 0 Å². The van der Waals surface area contributed by atoms with Gasteiger partial charge < -0.3 is 0 Å². The van der Waals surface area contributed by atoms with Gasteiger partial charge in [-0.1, -0.05) is 60.7 Å². The summed E-state index contributed by atoms with van der Waals surface area (Å²) in [5.41, 5.74) is 4.86. The van der Waals surface area contributed by atoms with Crippen LogP contribution >= 0.6 is 12.4 Å². The van der Waals surface area contributed by atoms with Gasteiger partial charge >= 0.3 is 0 Å². The largest absolute Gasteiger partial charge is 0.248 e. The van der Waals surface area contributed by atoms with Crippen LogP contribution in [0.3, 0.4) is 0 Å². The lowest BCUT2D eigenvalue weighted by molar-refractivity contribution is 0.602. The summed E-state index contributed by atoms with van der Waals surface area (Å²) < 4.78 is 23.4. The van der Waals surface area contributed by atoms with Crippen LogP contribution in [0.5, 0.6) is 0 Å². The van der Waals surface area contributed by atoms with Crippen LogP contribution in [0.4, 0.5) is 0 Å². The minimum Gasteiger partial charge on any atom is -0.248 e. The molecule has 4 aromatic rings. The topological polar surface area (TPSA) is 47.0 Å². The summed E-state index contributed by atoms with van der Waals surface area (Å²) in [6, 6.07) is 27.2. The Morgan fingerprint density at radius 1 is 0.741 bits per heavy atom. The summed E-state index contributed by atoms with van der Waals surface area (Å²) in [7, 11) is -3.21. The number of nitrogens with zero attached hydrogens (tertiary/aromatic N) is 1. The highest BCUT2D eigenvalue weighted by Gasteiger charge is 2.11. The molecule has 0 N–H and O–H groups in total. The fraction of sp³-hybridized carbons (Fsp3) is 0.0455. The lowest BCUT2D eigenvalue weighted by Gasteiger charge is -2.10.